The van der Waals surface area contributed by atoms with E-state index in [0.29, 0.717) is 18.8 Å². The fraction of sp³-hybridized carbons (Fsp3) is 0.200. The van der Waals surface area contributed by atoms with Gasteiger partial charge in [0.2, 0.25) is 10.0 Å². The van der Waals surface area contributed by atoms with E-state index in [1.54, 1.807) is 7.11 Å². The molecule has 0 saturated heterocycles. The molecular weight excluding hydrogens is 367 g/mol. The van der Waals surface area contributed by atoms with Gasteiger partial charge in [0.1, 0.15) is 11.6 Å². The predicted molar refractivity (Wildman–Crippen MR) is 99.6 cm³/mol. The summed E-state index contributed by atoms with van der Waals surface area (Å²) in [6.45, 7) is 0.896. The topological polar surface area (TPSA) is 51.5 Å². The van der Waals surface area contributed by atoms with E-state index in [0.717, 1.165) is 11.3 Å². The van der Waals surface area contributed by atoms with Crippen LogP contribution in [0.2, 0.25) is 0 Å². The minimum Gasteiger partial charge on any atom is -0.497 e. The van der Waals surface area contributed by atoms with Crippen molar-refractivity contribution in [2.45, 2.75) is 17.5 Å². The average Bonchev–Trinajstić information content (AvgIpc) is 3.16. The monoisotopic (exact) mass is 386 g/mol. The number of rotatable bonds is 4. The lowest BCUT2D eigenvalue weighted by atomic mass is 10.0. The van der Waals surface area contributed by atoms with Crippen LogP contribution < -0.4 is 4.74 Å². The Bertz CT molecular complexity index is 1040. The molecule has 0 N–H and O–H groups in total. The Balaban J connectivity index is 1.81. The molecular formula is C20H19FN2O3S. The van der Waals surface area contributed by atoms with Gasteiger partial charge in [0.25, 0.3) is 0 Å². The summed E-state index contributed by atoms with van der Waals surface area (Å²) in [5.41, 5.74) is 1.75. The van der Waals surface area contributed by atoms with Crippen molar-refractivity contribution < 1.29 is 17.5 Å². The SMILES string of the molecule is COc1ccc(C2c3cccn3CCN2S(=O)(=O)c2ccc(F)cc2)cc1. The first kappa shape index (κ1) is 17.8. The standard InChI is InChI=1S/C20H19FN2O3S/c1-26-17-8-4-15(5-9-17)20-19-3-2-12-22(19)13-14-23(20)27(24,25)18-10-6-16(21)7-11-18/h2-12,20H,13-14H2,1H3. The van der Waals surface area contributed by atoms with Crippen molar-refractivity contribution in [1.29, 1.82) is 0 Å². The highest BCUT2D eigenvalue weighted by molar-refractivity contribution is 7.89. The molecule has 0 amide bonds. The normalized spacial score (nSPS) is 17.5. The minimum atomic E-state index is -3.79. The quantitative estimate of drug-likeness (QED) is 0.690. The highest BCUT2D eigenvalue weighted by Crippen LogP contribution is 2.37. The Kier molecular flexibility index (Phi) is 4.49. The molecule has 5 nitrogen and oxygen atoms in total. The molecule has 0 spiro atoms. The van der Waals surface area contributed by atoms with Crippen molar-refractivity contribution in [2.75, 3.05) is 13.7 Å². The molecule has 1 aliphatic heterocycles. The molecule has 0 saturated carbocycles. The van der Waals surface area contributed by atoms with Crippen LogP contribution >= 0.6 is 0 Å². The van der Waals surface area contributed by atoms with Crippen molar-refractivity contribution >= 4 is 10.0 Å². The van der Waals surface area contributed by atoms with E-state index in [9.17, 15) is 12.8 Å². The number of nitrogens with zero attached hydrogens (tertiary/aromatic N) is 2. The molecule has 2 aromatic carbocycles. The molecule has 3 aromatic rings. The average molecular weight is 386 g/mol. The van der Waals surface area contributed by atoms with Gasteiger partial charge in [0, 0.05) is 25.0 Å². The van der Waals surface area contributed by atoms with Crippen LogP contribution in [0.3, 0.4) is 0 Å². The van der Waals surface area contributed by atoms with E-state index in [1.165, 1.54) is 28.6 Å². The second-order valence-corrected chi connectivity index (χ2v) is 8.26. The summed E-state index contributed by atoms with van der Waals surface area (Å²) < 4.78 is 48.6. The van der Waals surface area contributed by atoms with Gasteiger partial charge in [0.05, 0.1) is 18.0 Å². The molecule has 0 bridgehead atoms. The smallest absolute Gasteiger partial charge is 0.244 e. The number of halogens is 1. The van der Waals surface area contributed by atoms with Gasteiger partial charge in [-0.15, -0.1) is 0 Å². The van der Waals surface area contributed by atoms with Gasteiger partial charge in [-0.25, -0.2) is 12.8 Å². The zero-order chi connectivity index (χ0) is 19.0. The van der Waals surface area contributed by atoms with Crippen LogP contribution in [0, 0.1) is 5.82 Å². The van der Waals surface area contributed by atoms with Gasteiger partial charge in [-0.2, -0.15) is 4.31 Å². The van der Waals surface area contributed by atoms with Crippen LogP contribution in [-0.2, 0) is 16.6 Å². The molecule has 1 aromatic heterocycles. The van der Waals surface area contributed by atoms with Crippen LogP contribution in [0.5, 0.6) is 5.75 Å². The first-order valence-electron chi connectivity index (χ1n) is 8.57. The number of ether oxygens (including phenoxy) is 1. The number of benzene rings is 2. The summed E-state index contributed by atoms with van der Waals surface area (Å²) in [5.74, 6) is 0.242. The van der Waals surface area contributed by atoms with E-state index in [2.05, 4.69) is 4.57 Å². The number of hydrogen-bond acceptors (Lipinski definition) is 3. The van der Waals surface area contributed by atoms with E-state index in [1.807, 2.05) is 42.6 Å². The third kappa shape index (κ3) is 3.13. The van der Waals surface area contributed by atoms with Crippen molar-refractivity contribution in [2.24, 2.45) is 0 Å². The third-order valence-corrected chi connectivity index (χ3v) is 6.72. The van der Waals surface area contributed by atoms with E-state index in [-0.39, 0.29) is 4.90 Å². The second kappa shape index (κ2) is 6.83. The minimum absolute atomic E-state index is 0.0856. The lowest BCUT2D eigenvalue weighted by Crippen LogP contribution is -2.42. The van der Waals surface area contributed by atoms with Crippen molar-refractivity contribution in [3.8, 4) is 5.75 Å². The Hall–Kier alpha value is -2.64. The molecule has 140 valence electrons. The van der Waals surface area contributed by atoms with E-state index in [4.69, 9.17) is 4.74 Å². The molecule has 7 heteroatoms. The largest absolute Gasteiger partial charge is 0.497 e. The number of sulfonamides is 1. The fourth-order valence-electron chi connectivity index (χ4n) is 3.49. The van der Waals surface area contributed by atoms with Crippen LogP contribution in [0.4, 0.5) is 4.39 Å². The zero-order valence-corrected chi connectivity index (χ0v) is 15.6. The lowest BCUT2D eigenvalue weighted by Gasteiger charge is -2.36. The summed E-state index contributed by atoms with van der Waals surface area (Å²) in [5, 5.41) is 0. The summed E-state index contributed by atoms with van der Waals surface area (Å²) in [4.78, 5) is 0.0856. The summed E-state index contributed by atoms with van der Waals surface area (Å²) >= 11 is 0. The molecule has 0 radical (unpaired) electrons. The van der Waals surface area contributed by atoms with Gasteiger partial charge < -0.3 is 9.30 Å². The molecule has 2 heterocycles. The van der Waals surface area contributed by atoms with Crippen LogP contribution in [0.15, 0.2) is 71.8 Å². The summed E-state index contributed by atoms with van der Waals surface area (Å²) in [7, 11) is -2.20. The molecule has 0 aliphatic carbocycles. The third-order valence-electron chi connectivity index (χ3n) is 4.85. The number of hydrogen-bond donors (Lipinski definition) is 0. The zero-order valence-electron chi connectivity index (χ0n) is 14.7. The summed E-state index contributed by atoms with van der Waals surface area (Å²) in [6, 6.07) is 15.7. The van der Waals surface area contributed by atoms with Gasteiger partial charge in [-0.05, 0) is 54.1 Å². The first-order chi connectivity index (χ1) is 13.0. The Morgan fingerprint density at radius 3 is 2.37 bits per heavy atom. The fourth-order valence-corrected chi connectivity index (χ4v) is 5.07. The molecule has 1 aliphatic rings. The maximum absolute atomic E-state index is 13.3. The van der Waals surface area contributed by atoms with Gasteiger partial charge in [-0.3, -0.25) is 0 Å². The summed E-state index contributed by atoms with van der Waals surface area (Å²) in [6.07, 6.45) is 1.95. The Morgan fingerprint density at radius 1 is 1.00 bits per heavy atom. The van der Waals surface area contributed by atoms with Crippen molar-refractivity contribution in [3.63, 3.8) is 0 Å². The van der Waals surface area contributed by atoms with E-state index >= 15 is 0 Å². The maximum Gasteiger partial charge on any atom is 0.244 e. The van der Waals surface area contributed by atoms with Crippen molar-refractivity contribution in [3.05, 3.63) is 83.9 Å². The molecule has 4 rings (SSSR count). The molecule has 1 unspecified atom stereocenters. The molecule has 27 heavy (non-hydrogen) atoms. The Labute approximate surface area is 157 Å². The van der Waals surface area contributed by atoms with Gasteiger partial charge in [-0.1, -0.05) is 12.1 Å². The van der Waals surface area contributed by atoms with Gasteiger partial charge in [0.15, 0.2) is 0 Å². The van der Waals surface area contributed by atoms with Crippen LogP contribution in [-0.4, -0.2) is 30.9 Å². The number of methoxy groups -OCH3 is 1. The van der Waals surface area contributed by atoms with Crippen molar-refractivity contribution in [1.82, 2.24) is 8.87 Å². The number of aromatic nitrogens is 1. The molecule has 0 fully saturated rings. The van der Waals surface area contributed by atoms with Crippen LogP contribution in [0.25, 0.3) is 0 Å². The van der Waals surface area contributed by atoms with Gasteiger partial charge >= 0.3 is 0 Å². The highest BCUT2D eigenvalue weighted by Gasteiger charge is 2.37. The van der Waals surface area contributed by atoms with E-state index < -0.39 is 21.9 Å². The molecule has 1 atom stereocenters. The highest BCUT2D eigenvalue weighted by atomic mass is 32.2. The Morgan fingerprint density at radius 2 is 1.70 bits per heavy atom. The van der Waals surface area contributed by atoms with Crippen LogP contribution in [0.1, 0.15) is 17.3 Å². The number of fused-ring (bicyclic) bond motifs is 1. The second-order valence-electron chi connectivity index (χ2n) is 6.37. The maximum atomic E-state index is 13.3. The lowest BCUT2D eigenvalue weighted by molar-refractivity contribution is 0.298. The predicted octanol–water partition coefficient (Wildman–Crippen LogP) is 3.43. The first-order valence-corrected chi connectivity index (χ1v) is 10.0.